The van der Waals surface area contributed by atoms with Crippen LogP contribution in [0.3, 0.4) is 0 Å². The number of nitro groups is 1. The number of benzene rings is 3. The first-order chi connectivity index (χ1) is 15.7. The molecule has 3 rings (SSSR count). The third-order valence-corrected chi connectivity index (χ3v) is 6.59. The molecule has 0 saturated carbocycles. The molecule has 0 fully saturated rings. The maximum atomic E-state index is 13.3. The number of sulfonamides is 1. The number of nitrogens with one attached hydrogen (secondary N) is 1. The van der Waals surface area contributed by atoms with E-state index in [1.165, 1.54) is 54.6 Å². The fourth-order valence-electron chi connectivity index (χ4n) is 2.78. The second-order valence-corrected chi connectivity index (χ2v) is 9.29. The Morgan fingerprint density at radius 1 is 1.03 bits per heavy atom. The van der Waals surface area contributed by atoms with Gasteiger partial charge in [0, 0.05) is 16.1 Å². The molecule has 3 aromatic rings. The topological polar surface area (TPSA) is 122 Å². The highest BCUT2D eigenvalue weighted by Gasteiger charge is 2.27. The van der Waals surface area contributed by atoms with Gasteiger partial charge in [-0.25, -0.2) is 13.8 Å². The van der Waals surface area contributed by atoms with Gasteiger partial charge in [0.2, 0.25) is 0 Å². The van der Waals surface area contributed by atoms with E-state index >= 15 is 0 Å². The molecule has 0 aliphatic rings. The summed E-state index contributed by atoms with van der Waals surface area (Å²) in [7, 11) is -4.16. The van der Waals surface area contributed by atoms with Crippen LogP contribution in [0.15, 0.2) is 82.8 Å². The van der Waals surface area contributed by atoms with Crippen LogP contribution in [0.25, 0.3) is 0 Å². The third-order valence-electron chi connectivity index (χ3n) is 4.31. The predicted octanol–water partition coefficient (Wildman–Crippen LogP) is 4.25. The van der Waals surface area contributed by atoms with E-state index in [1.807, 2.05) is 0 Å². The predicted molar refractivity (Wildman–Crippen MR) is 126 cm³/mol. The smallest absolute Gasteiger partial charge is 0.271 e. The van der Waals surface area contributed by atoms with Gasteiger partial charge in [0.05, 0.1) is 27.3 Å². The monoisotopic (exact) mass is 506 g/mol. The molecule has 0 aliphatic carbocycles. The molecule has 0 spiro atoms. The van der Waals surface area contributed by atoms with Crippen molar-refractivity contribution in [2.24, 2.45) is 5.10 Å². The zero-order valence-electron chi connectivity index (χ0n) is 16.8. The van der Waals surface area contributed by atoms with Gasteiger partial charge >= 0.3 is 0 Å². The molecule has 0 aliphatic heterocycles. The largest absolute Gasteiger partial charge is 0.278 e. The minimum Gasteiger partial charge on any atom is -0.271 e. The van der Waals surface area contributed by atoms with Gasteiger partial charge in [0.1, 0.15) is 6.54 Å². The maximum absolute atomic E-state index is 13.3. The van der Waals surface area contributed by atoms with Crippen LogP contribution in [-0.2, 0) is 14.8 Å². The lowest BCUT2D eigenvalue weighted by molar-refractivity contribution is -0.385. The Hall–Kier alpha value is -3.47. The summed E-state index contributed by atoms with van der Waals surface area (Å²) in [5, 5.41) is 15.4. The summed E-state index contributed by atoms with van der Waals surface area (Å²) < 4.78 is 27.4. The molecule has 0 radical (unpaired) electrons. The van der Waals surface area contributed by atoms with Crippen molar-refractivity contribution < 1.29 is 18.1 Å². The fourth-order valence-corrected chi connectivity index (χ4v) is 4.51. The molecule has 1 amide bonds. The molecule has 33 heavy (non-hydrogen) atoms. The zero-order chi connectivity index (χ0) is 24.0. The molecular formula is C21H16Cl2N4O5S. The summed E-state index contributed by atoms with van der Waals surface area (Å²) in [5.74, 6) is -0.776. The van der Waals surface area contributed by atoms with Crippen molar-refractivity contribution in [3.8, 4) is 0 Å². The number of amides is 1. The van der Waals surface area contributed by atoms with Crippen molar-refractivity contribution in [3.05, 3.63) is 98.5 Å². The third kappa shape index (κ3) is 6.07. The van der Waals surface area contributed by atoms with E-state index in [0.29, 0.717) is 5.02 Å². The lowest BCUT2D eigenvalue weighted by atomic mass is 10.2. The van der Waals surface area contributed by atoms with Crippen LogP contribution < -0.4 is 9.73 Å². The standard InChI is InChI=1S/C21H16Cl2N4O5S/c22-16-8-10-19(11-9-16)33(31,32)26(18-6-3-5-17(23)12-18)14-21(28)25-24-13-15-4-1-2-7-20(15)27(29)30/h1-13H,14H2,(H,25,28)/b24-13-. The summed E-state index contributed by atoms with van der Waals surface area (Å²) in [6.45, 7) is -0.625. The van der Waals surface area contributed by atoms with Crippen molar-refractivity contribution >= 4 is 56.7 Å². The summed E-state index contributed by atoms with van der Waals surface area (Å²) in [4.78, 5) is 23.0. The van der Waals surface area contributed by atoms with E-state index < -0.39 is 27.4 Å². The number of halogens is 2. The van der Waals surface area contributed by atoms with Gasteiger partial charge in [-0.3, -0.25) is 19.2 Å². The SMILES string of the molecule is O=C(CN(c1cccc(Cl)c1)S(=O)(=O)c1ccc(Cl)cc1)N/N=C\c1ccccc1[N+](=O)[O-]. The molecule has 1 N–H and O–H groups in total. The van der Waals surface area contributed by atoms with Crippen molar-refractivity contribution in [1.82, 2.24) is 5.43 Å². The molecular weight excluding hydrogens is 491 g/mol. The molecule has 0 unspecified atom stereocenters. The fraction of sp³-hybridized carbons (Fsp3) is 0.0476. The Morgan fingerprint density at radius 3 is 2.39 bits per heavy atom. The Bertz CT molecular complexity index is 1310. The first kappa shape index (κ1) is 24.2. The van der Waals surface area contributed by atoms with Crippen LogP contribution in [0.5, 0.6) is 0 Å². The Morgan fingerprint density at radius 2 is 1.73 bits per heavy atom. The molecule has 12 heteroatoms. The van der Waals surface area contributed by atoms with E-state index in [9.17, 15) is 23.3 Å². The van der Waals surface area contributed by atoms with Gasteiger partial charge in [-0.05, 0) is 48.5 Å². The van der Waals surface area contributed by atoms with Gasteiger partial charge < -0.3 is 0 Å². The normalized spacial score (nSPS) is 11.3. The highest BCUT2D eigenvalue weighted by molar-refractivity contribution is 7.92. The van der Waals surface area contributed by atoms with Gasteiger partial charge in [-0.2, -0.15) is 5.10 Å². The van der Waals surface area contributed by atoms with Crippen molar-refractivity contribution in [2.45, 2.75) is 4.90 Å². The number of rotatable bonds is 8. The lowest BCUT2D eigenvalue weighted by Gasteiger charge is -2.23. The number of hydrogen-bond donors (Lipinski definition) is 1. The molecule has 0 atom stereocenters. The number of nitro benzene ring substituents is 1. The second kappa shape index (κ2) is 10.4. The van der Waals surface area contributed by atoms with Crippen LogP contribution in [0.1, 0.15) is 5.56 Å². The average Bonchev–Trinajstić information content (AvgIpc) is 2.78. The number of carbonyl (C=O) groups excluding carboxylic acids is 1. The summed E-state index contributed by atoms with van der Waals surface area (Å²) >= 11 is 11.9. The molecule has 3 aromatic carbocycles. The number of nitrogens with zero attached hydrogens (tertiary/aromatic N) is 3. The highest BCUT2D eigenvalue weighted by atomic mass is 35.5. The lowest BCUT2D eigenvalue weighted by Crippen LogP contribution is -2.39. The first-order valence-corrected chi connectivity index (χ1v) is 11.5. The van der Waals surface area contributed by atoms with Crippen LogP contribution >= 0.6 is 23.2 Å². The summed E-state index contributed by atoms with van der Waals surface area (Å²) in [6, 6.07) is 17.3. The molecule has 0 bridgehead atoms. The van der Waals surface area contributed by atoms with Crippen LogP contribution in [0, 0.1) is 10.1 Å². The Labute approximate surface area is 199 Å². The minimum atomic E-state index is -4.16. The van der Waals surface area contributed by atoms with Crippen molar-refractivity contribution in [3.63, 3.8) is 0 Å². The summed E-state index contributed by atoms with van der Waals surface area (Å²) in [6.07, 6.45) is 1.10. The zero-order valence-corrected chi connectivity index (χ0v) is 19.1. The summed E-state index contributed by atoms with van der Waals surface area (Å²) in [5.41, 5.74) is 2.33. The second-order valence-electron chi connectivity index (χ2n) is 6.55. The van der Waals surface area contributed by atoms with Gasteiger partial charge in [0.25, 0.3) is 21.6 Å². The highest BCUT2D eigenvalue weighted by Crippen LogP contribution is 2.26. The van der Waals surface area contributed by atoms with E-state index in [0.717, 1.165) is 10.5 Å². The number of carbonyl (C=O) groups is 1. The molecule has 9 nitrogen and oxygen atoms in total. The molecule has 0 saturated heterocycles. The van der Waals surface area contributed by atoms with Crippen LogP contribution in [0.2, 0.25) is 10.0 Å². The van der Waals surface area contributed by atoms with Crippen molar-refractivity contribution in [2.75, 3.05) is 10.8 Å². The average molecular weight is 507 g/mol. The van der Waals surface area contributed by atoms with Crippen LogP contribution in [0.4, 0.5) is 11.4 Å². The molecule has 170 valence electrons. The number of hydrazone groups is 1. The number of anilines is 1. The Kier molecular flexibility index (Phi) is 7.64. The first-order valence-electron chi connectivity index (χ1n) is 9.27. The van der Waals surface area contributed by atoms with Gasteiger partial charge in [-0.1, -0.05) is 41.4 Å². The number of para-hydroxylation sites is 1. The maximum Gasteiger partial charge on any atom is 0.278 e. The molecule has 0 aromatic heterocycles. The van der Waals surface area contributed by atoms with E-state index in [-0.39, 0.29) is 26.9 Å². The minimum absolute atomic E-state index is 0.0805. The van der Waals surface area contributed by atoms with Crippen molar-refractivity contribution in [1.29, 1.82) is 0 Å². The Balaban J connectivity index is 1.86. The van der Waals surface area contributed by atoms with E-state index in [4.69, 9.17) is 23.2 Å². The van der Waals surface area contributed by atoms with E-state index in [2.05, 4.69) is 10.5 Å². The molecule has 0 heterocycles. The quantitative estimate of drug-likeness (QED) is 0.278. The number of hydrogen-bond acceptors (Lipinski definition) is 6. The van der Waals surface area contributed by atoms with Gasteiger partial charge in [-0.15, -0.1) is 0 Å². The van der Waals surface area contributed by atoms with E-state index in [1.54, 1.807) is 18.2 Å². The van der Waals surface area contributed by atoms with Crippen LogP contribution in [-0.4, -0.2) is 32.0 Å². The van der Waals surface area contributed by atoms with Gasteiger partial charge in [0.15, 0.2) is 0 Å².